The number of fused-ring (bicyclic) bond motifs is 1. The summed E-state index contributed by atoms with van der Waals surface area (Å²) in [5.74, 6) is 1.53. The van der Waals surface area contributed by atoms with Crippen molar-refractivity contribution in [1.29, 1.82) is 0 Å². The first-order valence-corrected chi connectivity index (χ1v) is 13.6. The number of piperidine rings is 1. The Morgan fingerprint density at radius 3 is 2.53 bits per heavy atom. The lowest BCUT2D eigenvalue weighted by Crippen LogP contribution is -2.39. The Kier molecular flexibility index (Phi) is 6.97. The van der Waals surface area contributed by atoms with Crippen LogP contribution >= 0.6 is 0 Å². The molecule has 1 aliphatic carbocycles. The number of nitrogens with one attached hydrogen (secondary N) is 2. The lowest BCUT2D eigenvalue weighted by molar-refractivity contribution is -0.109. The number of hydrogen-bond acceptors (Lipinski definition) is 5. The molecule has 1 aromatic heterocycles. The maximum atomic E-state index is 10.7. The van der Waals surface area contributed by atoms with Gasteiger partial charge >= 0.3 is 0 Å². The lowest BCUT2D eigenvalue weighted by atomic mass is 10.0. The van der Waals surface area contributed by atoms with Gasteiger partial charge < -0.3 is 14.8 Å². The zero-order valence-electron chi connectivity index (χ0n) is 21.6. The van der Waals surface area contributed by atoms with Gasteiger partial charge in [-0.3, -0.25) is 10.00 Å². The zero-order chi connectivity index (χ0) is 25.9. The number of likely N-dealkylation sites (tertiary alicyclic amines) is 1. The van der Waals surface area contributed by atoms with E-state index in [9.17, 15) is 4.79 Å². The Labute approximate surface area is 223 Å². The fourth-order valence-electron chi connectivity index (χ4n) is 5.46. The Balaban J connectivity index is 1.16. The van der Waals surface area contributed by atoms with E-state index >= 15 is 0 Å². The van der Waals surface area contributed by atoms with E-state index in [-0.39, 0.29) is 12.1 Å². The van der Waals surface area contributed by atoms with Gasteiger partial charge in [0.2, 0.25) is 0 Å². The van der Waals surface area contributed by atoms with E-state index in [0.29, 0.717) is 12.5 Å². The average molecular weight is 507 g/mol. The van der Waals surface area contributed by atoms with Crippen LogP contribution < -0.4 is 10.1 Å². The summed E-state index contributed by atoms with van der Waals surface area (Å²) in [7, 11) is 0. The van der Waals surface area contributed by atoms with Crippen molar-refractivity contribution in [3.8, 4) is 17.0 Å². The molecule has 0 bridgehead atoms. The van der Waals surface area contributed by atoms with Crippen molar-refractivity contribution < 1.29 is 9.53 Å². The van der Waals surface area contributed by atoms with E-state index in [1.165, 1.54) is 18.4 Å². The highest BCUT2D eigenvalue weighted by Gasteiger charge is 2.32. The summed E-state index contributed by atoms with van der Waals surface area (Å²) in [5, 5.41) is 12.6. The molecule has 6 heteroatoms. The van der Waals surface area contributed by atoms with Gasteiger partial charge in [0.05, 0.1) is 23.8 Å². The molecular formula is C32H34N4O2. The molecule has 1 saturated heterocycles. The maximum absolute atomic E-state index is 10.7. The second-order valence-corrected chi connectivity index (χ2v) is 10.5. The SMILES string of the molecule is C=C(NC(c1ccccc1)C1CC1)c1ccc2[nH]nc(-c3ccc(OC4CCN(CC=O)CC4)cc3)c2c1. The monoisotopic (exact) mass is 506 g/mol. The van der Waals surface area contributed by atoms with Gasteiger partial charge in [-0.25, -0.2) is 0 Å². The van der Waals surface area contributed by atoms with E-state index in [2.05, 4.69) is 87.7 Å². The molecule has 2 heterocycles. The van der Waals surface area contributed by atoms with Gasteiger partial charge in [-0.1, -0.05) is 43.0 Å². The number of rotatable bonds is 10. The normalized spacial score (nSPS) is 17.3. The van der Waals surface area contributed by atoms with Crippen LogP contribution in [0.25, 0.3) is 27.9 Å². The van der Waals surface area contributed by atoms with E-state index in [4.69, 9.17) is 4.74 Å². The third kappa shape index (κ3) is 5.36. The molecule has 0 spiro atoms. The van der Waals surface area contributed by atoms with Crippen LogP contribution in [0.3, 0.4) is 0 Å². The molecule has 3 aromatic carbocycles. The summed E-state index contributed by atoms with van der Waals surface area (Å²) in [6, 6.07) is 25.5. The highest BCUT2D eigenvalue weighted by Crippen LogP contribution is 2.42. The number of hydrogen-bond donors (Lipinski definition) is 2. The molecule has 0 amide bonds. The minimum atomic E-state index is 0.186. The predicted molar refractivity (Wildman–Crippen MR) is 152 cm³/mol. The van der Waals surface area contributed by atoms with Gasteiger partial charge in [-0.15, -0.1) is 0 Å². The Morgan fingerprint density at radius 2 is 1.82 bits per heavy atom. The summed E-state index contributed by atoms with van der Waals surface area (Å²) in [6.07, 6.45) is 5.54. The quantitative estimate of drug-likeness (QED) is 0.259. The van der Waals surface area contributed by atoms with Crippen LogP contribution in [0.4, 0.5) is 0 Å². The number of carbonyl (C=O) groups excluding carboxylic acids is 1. The first-order chi connectivity index (χ1) is 18.7. The molecule has 1 saturated carbocycles. The molecule has 4 aromatic rings. The van der Waals surface area contributed by atoms with E-state index in [1.54, 1.807) is 0 Å². The molecule has 6 nitrogen and oxygen atoms in total. The van der Waals surface area contributed by atoms with Gasteiger partial charge in [0, 0.05) is 29.7 Å². The number of aromatic nitrogens is 2. The highest BCUT2D eigenvalue weighted by molar-refractivity contribution is 5.94. The summed E-state index contributed by atoms with van der Waals surface area (Å²) in [5.41, 5.74) is 6.28. The van der Waals surface area contributed by atoms with Crippen LogP contribution in [0.2, 0.25) is 0 Å². The van der Waals surface area contributed by atoms with Crippen LogP contribution in [-0.2, 0) is 4.79 Å². The third-order valence-corrected chi connectivity index (χ3v) is 7.79. The number of ether oxygens (including phenoxy) is 1. The number of carbonyl (C=O) groups is 1. The third-order valence-electron chi connectivity index (χ3n) is 7.79. The van der Waals surface area contributed by atoms with Crippen molar-refractivity contribution in [3.05, 3.63) is 90.5 Å². The predicted octanol–water partition coefficient (Wildman–Crippen LogP) is 5.98. The number of aldehydes is 1. The van der Waals surface area contributed by atoms with Crippen molar-refractivity contribution in [1.82, 2.24) is 20.4 Å². The minimum absolute atomic E-state index is 0.186. The number of aromatic amines is 1. The molecule has 1 atom stereocenters. The van der Waals surface area contributed by atoms with Crippen LogP contribution in [0.1, 0.15) is 42.9 Å². The topological polar surface area (TPSA) is 70.2 Å². The van der Waals surface area contributed by atoms with Crippen molar-refractivity contribution in [2.24, 2.45) is 5.92 Å². The molecule has 194 valence electrons. The standard InChI is InChI=1S/C32H34N4O2/c1-22(33-31(24-7-8-24)23-5-3-2-4-6-23)26-11-14-30-29(21-26)32(35-34-30)25-9-12-27(13-10-25)38-28-15-17-36(18-16-28)19-20-37/h2-6,9-14,20-21,24,28,31,33H,1,7-8,15-19H2,(H,34,35). The van der Waals surface area contributed by atoms with E-state index < -0.39 is 0 Å². The smallest absolute Gasteiger partial charge is 0.133 e. The lowest BCUT2D eigenvalue weighted by Gasteiger charge is -2.30. The zero-order valence-corrected chi connectivity index (χ0v) is 21.6. The molecule has 1 aliphatic heterocycles. The largest absolute Gasteiger partial charge is 0.490 e. The summed E-state index contributed by atoms with van der Waals surface area (Å²) < 4.78 is 6.23. The molecular weight excluding hydrogens is 472 g/mol. The van der Waals surface area contributed by atoms with Crippen molar-refractivity contribution in [2.45, 2.75) is 37.8 Å². The van der Waals surface area contributed by atoms with E-state index in [0.717, 1.165) is 71.4 Å². The van der Waals surface area contributed by atoms with Crippen LogP contribution in [0, 0.1) is 5.92 Å². The molecule has 2 fully saturated rings. The van der Waals surface area contributed by atoms with Gasteiger partial charge in [0.25, 0.3) is 0 Å². The number of H-pyrrole nitrogens is 1. The Hall–Kier alpha value is -3.90. The molecule has 38 heavy (non-hydrogen) atoms. The van der Waals surface area contributed by atoms with Crippen LogP contribution in [0.15, 0.2) is 79.4 Å². The van der Waals surface area contributed by atoms with Gasteiger partial charge in [0.1, 0.15) is 18.1 Å². The van der Waals surface area contributed by atoms with Crippen molar-refractivity contribution >= 4 is 22.9 Å². The first-order valence-electron chi connectivity index (χ1n) is 13.6. The maximum Gasteiger partial charge on any atom is 0.133 e. The fraction of sp³-hybridized carbons (Fsp3) is 0.312. The van der Waals surface area contributed by atoms with Gasteiger partial charge in [-0.2, -0.15) is 5.10 Å². The summed E-state index contributed by atoms with van der Waals surface area (Å²) >= 11 is 0. The summed E-state index contributed by atoms with van der Waals surface area (Å²) in [4.78, 5) is 12.9. The minimum Gasteiger partial charge on any atom is -0.490 e. The second-order valence-electron chi connectivity index (χ2n) is 10.5. The van der Waals surface area contributed by atoms with Crippen LogP contribution in [-0.4, -0.2) is 47.1 Å². The van der Waals surface area contributed by atoms with Gasteiger partial charge in [-0.05, 0) is 79.1 Å². The van der Waals surface area contributed by atoms with Crippen molar-refractivity contribution in [3.63, 3.8) is 0 Å². The number of nitrogens with zero attached hydrogens (tertiary/aromatic N) is 2. The molecule has 6 rings (SSSR count). The second kappa shape index (κ2) is 10.8. The first kappa shape index (κ1) is 24.4. The Bertz CT molecular complexity index is 1400. The Morgan fingerprint density at radius 1 is 1.05 bits per heavy atom. The highest BCUT2D eigenvalue weighted by atomic mass is 16.5. The molecule has 2 aliphatic rings. The molecule has 2 N–H and O–H groups in total. The van der Waals surface area contributed by atoms with E-state index in [1.807, 2.05) is 12.1 Å². The van der Waals surface area contributed by atoms with Crippen LogP contribution in [0.5, 0.6) is 5.75 Å². The number of benzene rings is 3. The average Bonchev–Trinajstić information content (AvgIpc) is 3.72. The van der Waals surface area contributed by atoms with Gasteiger partial charge in [0.15, 0.2) is 0 Å². The van der Waals surface area contributed by atoms with Crippen molar-refractivity contribution in [2.75, 3.05) is 19.6 Å². The molecule has 1 unspecified atom stereocenters. The summed E-state index contributed by atoms with van der Waals surface area (Å²) in [6.45, 7) is 6.71. The molecule has 0 radical (unpaired) electrons. The fourth-order valence-corrected chi connectivity index (χ4v) is 5.46.